The van der Waals surface area contributed by atoms with E-state index in [1.54, 1.807) is 13.0 Å². The van der Waals surface area contributed by atoms with Gasteiger partial charge in [0.15, 0.2) is 0 Å². The van der Waals surface area contributed by atoms with Gasteiger partial charge in [0.1, 0.15) is 0 Å². The Morgan fingerprint density at radius 1 is 1.24 bits per heavy atom. The molecule has 0 aromatic heterocycles. The number of nitrogens with two attached hydrogens (primary N) is 1. The fraction of sp³-hybridized carbons (Fsp3) is 0.571. The summed E-state index contributed by atoms with van der Waals surface area (Å²) >= 11 is 5.98. The summed E-state index contributed by atoms with van der Waals surface area (Å²) in [6, 6.07) is 3.39. The van der Waals surface area contributed by atoms with Crippen LogP contribution in [0.1, 0.15) is 19.4 Å². The van der Waals surface area contributed by atoms with E-state index >= 15 is 0 Å². The van der Waals surface area contributed by atoms with Gasteiger partial charge in [-0.1, -0.05) is 11.6 Å². The molecular weight excluding hydrogens is 310 g/mol. The van der Waals surface area contributed by atoms with Crippen molar-refractivity contribution in [3.63, 3.8) is 0 Å². The molecule has 2 unspecified atom stereocenters. The normalized spacial score (nSPS) is 25.2. The van der Waals surface area contributed by atoms with Crippen molar-refractivity contribution in [3.8, 4) is 0 Å². The molecule has 1 saturated heterocycles. The monoisotopic (exact) mass is 331 g/mol. The van der Waals surface area contributed by atoms with Crippen LogP contribution < -0.4 is 5.73 Å². The van der Waals surface area contributed by atoms with Gasteiger partial charge in [0.05, 0.1) is 4.90 Å². The fourth-order valence-corrected chi connectivity index (χ4v) is 4.81. The molecule has 0 amide bonds. The number of halogens is 1. The molecule has 2 N–H and O–H groups in total. The minimum Gasteiger partial charge on any atom is -0.398 e. The summed E-state index contributed by atoms with van der Waals surface area (Å²) in [6.07, 6.45) is 0. The third-order valence-corrected chi connectivity index (χ3v) is 6.49. The first-order chi connectivity index (χ1) is 9.64. The van der Waals surface area contributed by atoms with Crippen LogP contribution in [0.25, 0.3) is 0 Å². The molecule has 21 heavy (non-hydrogen) atoms. The van der Waals surface area contributed by atoms with Gasteiger partial charge < -0.3 is 5.73 Å². The third-order valence-electron chi connectivity index (χ3n) is 4.31. The zero-order chi connectivity index (χ0) is 15.9. The maximum absolute atomic E-state index is 12.9. The van der Waals surface area contributed by atoms with Gasteiger partial charge >= 0.3 is 0 Å². The highest BCUT2D eigenvalue weighted by molar-refractivity contribution is 7.89. The predicted octanol–water partition coefficient (Wildman–Crippen LogP) is 1.94. The van der Waals surface area contributed by atoms with E-state index in [2.05, 4.69) is 4.90 Å². The number of likely N-dealkylation sites (N-methyl/N-ethyl adjacent to an activating group) is 1. The Bertz CT molecular complexity index is 636. The summed E-state index contributed by atoms with van der Waals surface area (Å²) < 4.78 is 27.3. The van der Waals surface area contributed by atoms with E-state index < -0.39 is 10.0 Å². The minimum absolute atomic E-state index is 0.167. The van der Waals surface area contributed by atoms with Crippen LogP contribution in [0.5, 0.6) is 0 Å². The molecule has 2 rings (SSSR count). The van der Waals surface area contributed by atoms with E-state index in [4.69, 9.17) is 17.3 Å². The Morgan fingerprint density at radius 3 is 2.29 bits per heavy atom. The second-order valence-corrected chi connectivity index (χ2v) is 8.15. The second-order valence-electron chi connectivity index (χ2n) is 5.80. The van der Waals surface area contributed by atoms with Crippen LogP contribution in [0, 0.1) is 6.92 Å². The molecule has 1 fully saturated rings. The lowest BCUT2D eigenvalue weighted by Gasteiger charge is -2.41. The highest BCUT2D eigenvalue weighted by Crippen LogP contribution is 2.30. The van der Waals surface area contributed by atoms with Gasteiger partial charge in [-0.2, -0.15) is 4.31 Å². The number of piperazine rings is 1. The molecule has 5 nitrogen and oxygen atoms in total. The van der Waals surface area contributed by atoms with Crippen LogP contribution in [-0.4, -0.2) is 49.8 Å². The molecule has 1 aromatic carbocycles. The molecule has 1 aliphatic rings. The quantitative estimate of drug-likeness (QED) is 0.841. The molecule has 0 spiro atoms. The molecule has 118 valence electrons. The van der Waals surface area contributed by atoms with E-state index in [0.717, 1.165) is 0 Å². The number of anilines is 1. The molecule has 1 aromatic rings. The second kappa shape index (κ2) is 5.76. The SMILES string of the molecule is Cc1c(N)cc(Cl)cc1S(=O)(=O)N1CC(C)N(C)C(C)C1. The maximum atomic E-state index is 12.9. The Kier molecular flexibility index (Phi) is 4.54. The molecule has 1 heterocycles. The molecule has 0 aliphatic carbocycles. The number of nitrogens with zero attached hydrogens (tertiary/aromatic N) is 2. The summed E-state index contributed by atoms with van der Waals surface area (Å²) in [5, 5.41) is 0.340. The summed E-state index contributed by atoms with van der Waals surface area (Å²) in [6.45, 7) is 6.69. The lowest BCUT2D eigenvalue weighted by Crippen LogP contribution is -2.56. The van der Waals surface area contributed by atoms with Crippen molar-refractivity contribution in [1.29, 1.82) is 0 Å². The molecule has 0 radical (unpaired) electrons. The number of nitrogen functional groups attached to an aromatic ring is 1. The Morgan fingerprint density at radius 2 is 1.76 bits per heavy atom. The summed E-state index contributed by atoms with van der Waals surface area (Å²) in [7, 11) is -1.57. The third kappa shape index (κ3) is 3.04. The van der Waals surface area contributed by atoms with E-state index in [1.165, 1.54) is 10.4 Å². The summed E-state index contributed by atoms with van der Waals surface area (Å²) in [5.41, 5.74) is 6.80. The van der Waals surface area contributed by atoms with Crippen LogP contribution in [0.2, 0.25) is 5.02 Å². The zero-order valence-electron chi connectivity index (χ0n) is 12.8. The lowest BCUT2D eigenvalue weighted by molar-refractivity contribution is 0.105. The van der Waals surface area contributed by atoms with Crippen molar-refractivity contribution in [2.24, 2.45) is 0 Å². The molecule has 7 heteroatoms. The van der Waals surface area contributed by atoms with Crippen molar-refractivity contribution in [2.75, 3.05) is 25.9 Å². The smallest absolute Gasteiger partial charge is 0.243 e. The number of rotatable bonds is 2. The highest BCUT2D eigenvalue weighted by atomic mass is 35.5. The first-order valence-corrected chi connectivity index (χ1v) is 8.74. The van der Waals surface area contributed by atoms with Gasteiger partial charge in [-0.15, -0.1) is 0 Å². The number of hydrogen-bond donors (Lipinski definition) is 1. The van der Waals surface area contributed by atoms with Gasteiger partial charge in [-0.25, -0.2) is 8.42 Å². The predicted molar refractivity (Wildman–Crippen MR) is 86.0 cm³/mol. The molecular formula is C14H22ClN3O2S. The van der Waals surface area contributed by atoms with Crippen LogP contribution in [0.3, 0.4) is 0 Å². The van der Waals surface area contributed by atoms with Crippen LogP contribution in [0.4, 0.5) is 5.69 Å². The van der Waals surface area contributed by atoms with Crippen molar-refractivity contribution >= 4 is 27.3 Å². The van der Waals surface area contributed by atoms with E-state index in [-0.39, 0.29) is 17.0 Å². The molecule has 0 bridgehead atoms. The minimum atomic E-state index is -3.58. The van der Waals surface area contributed by atoms with Gasteiger partial charge in [-0.05, 0) is 45.5 Å². The van der Waals surface area contributed by atoms with Crippen LogP contribution in [0.15, 0.2) is 17.0 Å². The topological polar surface area (TPSA) is 66.6 Å². The van der Waals surface area contributed by atoms with Gasteiger partial charge in [0.2, 0.25) is 10.0 Å². The summed E-state index contributed by atoms with van der Waals surface area (Å²) in [5.74, 6) is 0. The van der Waals surface area contributed by atoms with Gasteiger partial charge in [0, 0.05) is 35.9 Å². The molecule has 2 atom stereocenters. The Hall–Kier alpha value is -0.820. The Balaban J connectivity index is 2.44. The number of benzene rings is 1. The standard InChI is InChI=1S/C14H22ClN3O2S/c1-9-7-18(8-10(2)17(9)4)21(19,20)14-6-12(15)5-13(16)11(14)3/h5-6,9-10H,7-8,16H2,1-4H3. The van der Waals surface area contributed by atoms with Gasteiger partial charge in [-0.3, -0.25) is 4.90 Å². The molecule has 0 saturated carbocycles. The molecule has 1 aliphatic heterocycles. The van der Waals surface area contributed by atoms with Crippen molar-refractivity contribution in [2.45, 2.75) is 37.8 Å². The van der Waals surface area contributed by atoms with Crippen molar-refractivity contribution < 1.29 is 8.42 Å². The fourth-order valence-electron chi connectivity index (χ4n) is 2.63. The van der Waals surface area contributed by atoms with Crippen molar-refractivity contribution in [1.82, 2.24) is 9.21 Å². The van der Waals surface area contributed by atoms with E-state index in [9.17, 15) is 8.42 Å². The summed E-state index contributed by atoms with van der Waals surface area (Å²) in [4.78, 5) is 2.39. The van der Waals surface area contributed by atoms with Crippen LogP contribution >= 0.6 is 11.6 Å². The number of hydrogen-bond acceptors (Lipinski definition) is 4. The first-order valence-electron chi connectivity index (χ1n) is 6.92. The first kappa shape index (κ1) is 16.5. The maximum Gasteiger partial charge on any atom is 0.243 e. The van der Waals surface area contributed by atoms with E-state index in [1.807, 2.05) is 20.9 Å². The Labute approximate surface area is 131 Å². The lowest BCUT2D eigenvalue weighted by atomic mass is 10.1. The zero-order valence-corrected chi connectivity index (χ0v) is 14.4. The van der Waals surface area contributed by atoms with Crippen LogP contribution in [-0.2, 0) is 10.0 Å². The van der Waals surface area contributed by atoms with E-state index in [0.29, 0.717) is 29.4 Å². The van der Waals surface area contributed by atoms with Gasteiger partial charge in [0.25, 0.3) is 0 Å². The van der Waals surface area contributed by atoms with Crippen molar-refractivity contribution in [3.05, 3.63) is 22.7 Å². The average Bonchev–Trinajstić information content (AvgIpc) is 2.39. The largest absolute Gasteiger partial charge is 0.398 e. The highest BCUT2D eigenvalue weighted by Gasteiger charge is 2.35. The average molecular weight is 332 g/mol. The number of sulfonamides is 1.